The maximum atomic E-state index is 12.5. The number of ether oxygens (including phenoxy) is 1. The number of halogens is 3. The minimum atomic E-state index is -4.68. The van der Waals surface area contributed by atoms with Crippen molar-refractivity contribution in [2.45, 2.75) is 38.8 Å². The van der Waals surface area contributed by atoms with E-state index < -0.39 is 18.3 Å². The van der Waals surface area contributed by atoms with Crippen molar-refractivity contribution < 1.29 is 27.5 Å². The predicted molar refractivity (Wildman–Crippen MR) is 84.0 cm³/mol. The van der Waals surface area contributed by atoms with E-state index >= 15 is 0 Å². The first-order chi connectivity index (χ1) is 12.2. The van der Waals surface area contributed by atoms with Crippen LogP contribution in [0.5, 0.6) is 5.88 Å². The molecule has 0 saturated carbocycles. The number of nitrogens with zero attached hydrogens (tertiary/aromatic N) is 4. The van der Waals surface area contributed by atoms with Crippen molar-refractivity contribution >= 4 is 0 Å². The lowest BCUT2D eigenvalue weighted by Gasteiger charge is -2.25. The second kappa shape index (κ2) is 7.20. The summed E-state index contributed by atoms with van der Waals surface area (Å²) in [6.07, 6.45) is -3.22. The van der Waals surface area contributed by atoms with E-state index in [9.17, 15) is 18.3 Å². The molecule has 1 unspecified atom stereocenters. The fraction of sp³-hybridized carbons (Fsp3) is 0.562. The summed E-state index contributed by atoms with van der Waals surface area (Å²) in [7, 11) is 0. The molecule has 3 rings (SSSR count). The average molecular weight is 372 g/mol. The number of alkyl halides is 3. The third-order valence-electron chi connectivity index (χ3n) is 4.10. The molecule has 1 N–H and O–H groups in total. The van der Waals surface area contributed by atoms with Crippen LogP contribution in [0, 0.1) is 5.92 Å². The summed E-state index contributed by atoms with van der Waals surface area (Å²) < 4.78 is 47.5. The van der Waals surface area contributed by atoms with Gasteiger partial charge in [0.1, 0.15) is 12.3 Å². The van der Waals surface area contributed by atoms with E-state index in [2.05, 4.69) is 19.6 Å². The molecule has 0 radical (unpaired) electrons. The van der Waals surface area contributed by atoms with Crippen LogP contribution in [-0.4, -0.2) is 50.6 Å². The third-order valence-corrected chi connectivity index (χ3v) is 4.10. The third kappa shape index (κ3) is 4.13. The molecule has 0 amide bonds. The highest BCUT2D eigenvalue weighted by Gasteiger charge is 2.38. The molecule has 1 saturated heterocycles. The molecule has 1 fully saturated rings. The van der Waals surface area contributed by atoms with Crippen molar-refractivity contribution in [3.05, 3.63) is 24.2 Å². The molecule has 3 heterocycles. The van der Waals surface area contributed by atoms with Crippen molar-refractivity contribution in [2.24, 2.45) is 5.92 Å². The zero-order valence-corrected chi connectivity index (χ0v) is 14.3. The Morgan fingerprint density at radius 1 is 1.35 bits per heavy atom. The molecule has 0 bridgehead atoms. The highest BCUT2D eigenvalue weighted by Crippen LogP contribution is 2.29. The van der Waals surface area contributed by atoms with Gasteiger partial charge in [-0.15, -0.1) is 0 Å². The normalized spacial score (nSPS) is 19.9. The van der Waals surface area contributed by atoms with Gasteiger partial charge < -0.3 is 14.4 Å². The molecule has 0 aromatic carbocycles. The quantitative estimate of drug-likeness (QED) is 0.863. The maximum absolute atomic E-state index is 12.5. The lowest BCUT2D eigenvalue weighted by molar-refractivity contribution is -0.159. The molecule has 1 aliphatic rings. The minimum absolute atomic E-state index is 0.108. The van der Waals surface area contributed by atoms with Crippen molar-refractivity contribution in [1.29, 1.82) is 0 Å². The van der Waals surface area contributed by atoms with E-state index in [4.69, 9.17) is 4.74 Å². The lowest BCUT2D eigenvalue weighted by Crippen LogP contribution is -2.38. The zero-order chi connectivity index (χ0) is 18.9. The largest absolute Gasteiger partial charge is 0.473 e. The smallest absolute Gasteiger partial charge is 0.471 e. The highest BCUT2D eigenvalue weighted by molar-refractivity contribution is 5.53. The number of hydrogen-bond donors (Lipinski definition) is 1. The number of aromatic nitrogens is 3. The van der Waals surface area contributed by atoms with Gasteiger partial charge in [-0.05, 0) is 18.4 Å². The van der Waals surface area contributed by atoms with Crippen LogP contribution in [0.25, 0.3) is 11.4 Å². The molecule has 10 heteroatoms. The van der Waals surface area contributed by atoms with E-state index in [0.717, 1.165) is 13.0 Å². The summed E-state index contributed by atoms with van der Waals surface area (Å²) in [5, 5.41) is 13.4. The first-order valence-corrected chi connectivity index (χ1v) is 8.20. The van der Waals surface area contributed by atoms with Gasteiger partial charge in [-0.1, -0.05) is 19.0 Å². The summed E-state index contributed by atoms with van der Waals surface area (Å²) in [6.45, 7) is 5.20. The fourth-order valence-electron chi connectivity index (χ4n) is 2.72. The Bertz CT molecular complexity index is 733. The van der Waals surface area contributed by atoms with E-state index in [1.54, 1.807) is 6.07 Å². The molecule has 0 aliphatic carbocycles. The van der Waals surface area contributed by atoms with Gasteiger partial charge in [-0.25, -0.2) is 4.98 Å². The highest BCUT2D eigenvalue weighted by atomic mass is 19.4. The number of aliphatic hydroxyl groups excluding tert-OH is 1. The van der Waals surface area contributed by atoms with E-state index in [0.29, 0.717) is 18.0 Å². The van der Waals surface area contributed by atoms with Crippen LogP contribution in [0.3, 0.4) is 0 Å². The molecule has 2 atom stereocenters. The topological polar surface area (TPSA) is 84.5 Å². The van der Waals surface area contributed by atoms with Crippen LogP contribution in [-0.2, 0) is 6.18 Å². The van der Waals surface area contributed by atoms with Gasteiger partial charge >= 0.3 is 12.1 Å². The second-order valence-electron chi connectivity index (χ2n) is 6.49. The van der Waals surface area contributed by atoms with Gasteiger partial charge in [0.05, 0.1) is 0 Å². The summed E-state index contributed by atoms with van der Waals surface area (Å²) in [5.41, 5.74) is 0.292. The monoisotopic (exact) mass is 372 g/mol. The molecule has 142 valence electrons. The Balaban J connectivity index is 1.61. The van der Waals surface area contributed by atoms with Crippen molar-refractivity contribution in [1.82, 2.24) is 20.0 Å². The second-order valence-corrected chi connectivity index (χ2v) is 6.49. The average Bonchev–Trinajstić information content (AvgIpc) is 3.24. The Morgan fingerprint density at radius 2 is 2.12 bits per heavy atom. The van der Waals surface area contributed by atoms with Gasteiger partial charge in [0.25, 0.3) is 0 Å². The van der Waals surface area contributed by atoms with Crippen molar-refractivity contribution in [3.63, 3.8) is 0 Å². The maximum Gasteiger partial charge on any atom is 0.471 e. The molecule has 26 heavy (non-hydrogen) atoms. The molecular formula is C16H19F3N4O3. The van der Waals surface area contributed by atoms with E-state index in [1.165, 1.54) is 12.3 Å². The molecule has 1 aliphatic heterocycles. The number of pyridine rings is 1. The Hall–Kier alpha value is -2.20. The van der Waals surface area contributed by atoms with Crippen LogP contribution in [0.15, 0.2) is 22.9 Å². The van der Waals surface area contributed by atoms with Crippen LogP contribution in [0.1, 0.15) is 26.2 Å². The zero-order valence-electron chi connectivity index (χ0n) is 14.3. The number of likely N-dealkylation sites (tertiary alicyclic amines) is 1. The minimum Gasteiger partial charge on any atom is -0.473 e. The molecule has 7 nitrogen and oxygen atoms in total. The molecule has 0 spiro atoms. The van der Waals surface area contributed by atoms with E-state index in [-0.39, 0.29) is 17.8 Å². The summed E-state index contributed by atoms with van der Waals surface area (Å²) in [5.74, 6) is -1.12. The summed E-state index contributed by atoms with van der Waals surface area (Å²) in [4.78, 5) is 9.35. The lowest BCUT2D eigenvalue weighted by atomic mass is 10.2. The summed E-state index contributed by atoms with van der Waals surface area (Å²) in [6, 6.07) is 3.06. The van der Waals surface area contributed by atoms with Crippen molar-refractivity contribution in [3.8, 4) is 17.3 Å². The predicted octanol–water partition coefficient (Wildman–Crippen LogP) is 2.58. The van der Waals surface area contributed by atoms with Crippen LogP contribution >= 0.6 is 0 Å². The van der Waals surface area contributed by atoms with Gasteiger partial charge in [-0.3, -0.25) is 4.90 Å². The first-order valence-electron chi connectivity index (χ1n) is 8.20. The molecular weight excluding hydrogens is 353 g/mol. The Labute approximate surface area is 147 Å². The van der Waals surface area contributed by atoms with Gasteiger partial charge in [0.15, 0.2) is 0 Å². The Morgan fingerprint density at radius 3 is 2.69 bits per heavy atom. The number of rotatable bonds is 5. The first kappa shape index (κ1) is 18.6. The standard InChI is InChI=1S/C16H19F3N4O3/c1-9(2)14(24)23-6-5-11(8-23)25-12-4-3-10(7-20-12)13-21-15(26-22-13)16(17,18)19/h3-4,7,9,11,14,24H,5-6,8H2,1-2H3/t11-,14?/m0/s1. The summed E-state index contributed by atoms with van der Waals surface area (Å²) >= 11 is 0. The van der Waals surface area contributed by atoms with Crippen LogP contribution in [0.4, 0.5) is 13.2 Å². The SMILES string of the molecule is CC(C)C(O)N1CC[C@H](Oc2ccc(-c3noc(C(F)(F)F)n3)cn2)C1. The van der Waals surface area contributed by atoms with E-state index in [1.807, 2.05) is 18.7 Å². The fourth-order valence-corrected chi connectivity index (χ4v) is 2.72. The van der Waals surface area contributed by atoms with Gasteiger partial charge in [0.2, 0.25) is 11.7 Å². The Kier molecular flexibility index (Phi) is 5.15. The van der Waals surface area contributed by atoms with Crippen LogP contribution in [0.2, 0.25) is 0 Å². The number of aliphatic hydroxyl groups is 1. The van der Waals surface area contributed by atoms with Gasteiger partial charge in [0, 0.05) is 30.9 Å². The molecule has 2 aromatic heterocycles. The van der Waals surface area contributed by atoms with Crippen LogP contribution < -0.4 is 4.74 Å². The number of hydrogen-bond acceptors (Lipinski definition) is 7. The molecule has 2 aromatic rings. The van der Waals surface area contributed by atoms with Gasteiger partial charge in [-0.2, -0.15) is 18.2 Å². The van der Waals surface area contributed by atoms with Crippen molar-refractivity contribution in [2.75, 3.05) is 13.1 Å².